The Hall–Kier alpha value is -4.79. The molecule has 35 heavy (non-hydrogen) atoms. The second-order valence-electron chi connectivity index (χ2n) is 7.08. The number of carbonyl (C=O) groups excluding carboxylic acids is 3. The number of hydrogen-bond donors (Lipinski definition) is 0. The van der Waals surface area contributed by atoms with E-state index < -0.39 is 34.4 Å². The van der Waals surface area contributed by atoms with Gasteiger partial charge in [-0.25, -0.2) is 9.59 Å². The largest absolute Gasteiger partial charge is 0.490 e. The summed E-state index contributed by atoms with van der Waals surface area (Å²) in [6.45, 7) is 3.14. The van der Waals surface area contributed by atoms with Crippen molar-refractivity contribution in [1.82, 2.24) is 0 Å². The van der Waals surface area contributed by atoms with Crippen LogP contribution in [0.15, 0.2) is 91.5 Å². The molecule has 0 aromatic heterocycles. The molecule has 1 unspecified atom stereocenters. The zero-order chi connectivity index (χ0) is 25.2. The van der Waals surface area contributed by atoms with Crippen LogP contribution in [0, 0.1) is 10.1 Å². The summed E-state index contributed by atoms with van der Waals surface area (Å²) in [5.41, 5.74) is -0.202. The lowest BCUT2D eigenvalue weighted by molar-refractivity contribution is -0.386. The number of carbonyl (C=O) groups is 3. The van der Waals surface area contributed by atoms with Gasteiger partial charge in [0.05, 0.1) is 16.1 Å². The summed E-state index contributed by atoms with van der Waals surface area (Å²) in [5, 5.41) is 11.8. The fraction of sp³-hybridized carbons (Fsp3) is 0.115. The van der Waals surface area contributed by atoms with Crippen LogP contribution < -0.4 is 4.74 Å². The molecule has 0 saturated carbocycles. The lowest BCUT2D eigenvalue weighted by atomic mass is 9.98. The molecule has 3 aromatic rings. The lowest BCUT2D eigenvalue weighted by Gasteiger charge is -2.18. The molecule has 0 aliphatic rings. The molecule has 178 valence electrons. The van der Waals surface area contributed by atoms with Crippen LogP contribution in [-0.4, -0.2) is 35.9 Å². The number of nitro benzene ring substituents is 1. The van der Waals surface area contributed by atoms with E-state index >= 15 is 0 Å². The highest BCUT2D eigenvalue weighted by Crippen LogP contribution is 2.34. The fourth-order valence-corrected chi connectivity index (χ4v) is 3.12. The molecule has 0 saturated heterocycles. The number of ketones is 1. The van der Waals surface area contributed by atoms with E-state index in [1.54, 1.807) is 36.4 Å². The van der Waals surface area contributed by atoms with Crippen LogP contribution in [0.1, 0.15) is 32.4 Å². The Morgan fingerprint density at radius 2 is 1.54 bits per heavy atom. The zero-order valence-corrected chi connectivity index (χ0v) is 18.5. The third-order valence-corrected chi connectivity index (χ3v) is 4.77. The van der Waals surface area contributed by atoms with Crippen molar-refractivity contribution in [2.45, 2.75) is 6.10 Å². The number of hydrogen-bond acceptors (Lipinski definition) is 8. The highest BCUT2D eigenvalue weighted by Gasteiger charge is 2.33. The molecule has 9 nitrogen and oxygen atoms in total. The van der Waals surface area contributed by atoms with Crippen molar-refractivity contribution >= 4 is 23.4 Å². The first-order valence-corrected chi connectivity index (χ1v) is 10.5. The van der Waals surface area contributed by atoms with Crippen molar-refractivity contribution < 1.29 is 33.5 Å². The molecular weight excluding hydrogens is 454 g/mol. The maximum Gasteiger partial charge on any atom is 0.339 e. The van der Waals surface area contributed by atoms with Gasteiger partial charge in [-0.15, -0.1) is 0 Å². The standard InChI is InChI=1S/C26H21NO8/c1-2-23(28)34-16-15-33-20-13-14-22(27(31)32)21(17-20)25(24(29)18-9-5-3-6-10-18)35-26(30)19-11-7-4-8-12-19/h2-14,17,25H,1,15-16H2. The van der Waals surface area contributed by atoms with Gasteiger partial charge in [-0.05, 0) is 24.3 Å². The number of esters is 2. The van der Waals surface area contributed by atoms with Crippen LogP contribution in [0.5, 0.6) is 5.75 Å². The van der Waals surface area contributed by atoms with Crippen LogP contribution in [0.4, 0.5) is 5.69 Å². The second-order valence-corrected chi connectivity index (χ2v) is 7.08. The van der Waals surface area contributed by atoms with E-state index in [9.17, 15) is 24.5 Å². The Morgan fingerprint density at radius 3 is 2.14 bits per heavy atom. The molecule has 0 aliphatic carbocycles. The molecule has 3 aromatic carbocycles. The molecule has 0 heterocycles. The summed E-state index contributed by atoms with van der Waals surface area (Å²) in [5.74, 6) is -1.94. The third kappa shape index (κ3) is 6.61. The van der Waals surface area contributed by atoms with E-state index in [-0.39, 0.29) is 35.7 Å². The predicted octanol–water partition coefficient (Wildman–Crippen LogP) is 4.48. The predicted molar refractivity (Wildman–Crippen MR) is 125 cm³/mol. The smallest absolute Gasteiger partial charge is 0.339 e. The number of ether oxygens (including phenoxy) is 3. The van der Waals surface area contributed by atoms with Crippen LogP contribution >= 0.6 is 0 Å². The molecule has 0 aliphatic heterocycles. The second kappa shape index (κ2) is 11.9. The first kappa shape index (κ1) is 24.8. The summed E-state index contributed by atoms with van der Waals surface area (Å²) in [7, 11) is 0. The molecule has 0 spiro atoms. The summed E-state index contributed by atoms with van der Waals surface area (Å²) in [4.78, 5) is 48.4. The topological polar surface area (TPSA) is 122 Å². The van der Waals surface area contributed by atoms with Gasteiger partial charge in [0.2, 0.25) is 5.78 Å². The molecular formula is C26H21NO8. The minimum Gasteiger partial charge on any atom is -0.490 e. The molecule has 1 atom stereocenters. The summed E-state index contributed by atoms with van der Waals surface area (Å²) in [6, 6.07) is 19.7. The van der Waals surface area contributed by atoms with Gasteiger partial charge < -0.3 is 14.2 Å². The maximum atomic E-state index is 13.4. The molecule has 0 radical (unpaired) electrons. The molecule has 9 heteroatoms. The van der Waals surface area contributed by atoms with Crippen LogP contribution in [0.3, 0.4) is 0 Å². The van der Waals surface area contributed by atoms with Gasteiger partial charge in [0.25, 0.3) is 5.69 Å². The molecule has 0 bridgehead atoms. The summed E-state index contributed by atoms with van der Waals surface area (Å²) >= 11 is 0. The van der Waals surface area contributed by atoms with Crippen LogP contribution in [-0.2, 0) is 14.3 Å². The molecule has 0 N–H and O–H groups in total. The quantitative estimate of drug-likeness (QED) is 0.0993. The van der Waals surface area contributed by atoms with E-state index in [1.807, 2.05) is 0 Å². The van der Waals surface area contributed by atoms with Gasteiger partial charge in [0.15, 0.2) is 6.10 Å². The van der Waals surface area contributed by atoms with E-state index in [4.69, 9.17) is 14.2 Å². The Kier molecular flexibility index (Phi) is 8.44. The van der Waals surface area contributed by atoms with E-state index in [0.29, 0.717) is 0 Å². The van der Waals surface area contributed by atoms with E-state index in [1.165, 1.54) is 36.4 Å². The number of Topliss-reactive ketones (excluding diaryl/α,β-unsaturated/α-hetero) is 1. The average Bonchev–Trinajstić information content (AvgIpc) is 2.89. The molecule has 0 amide bonds. The lowest BCUT2D eigenvalue weighted by Crippen LogP contribution is -2.21. The Morgan fingerprint density at radius 1 is 0.914 bits per heavy atom. The van der Waals surface area contributed by atoms with E-state index in [0.717, 1.165) is 12.1 Å². The van der Waals surface area contributed by atoms with Crippen molar-refractivity contribution in [1.29, 1.82) is 0 Å². The van der Waals surface area contributed by atoms with E-state index in [2.05, 4.69) is 6.58 Å². The molecule has 3 rings (SSSR count). The summed E-state index contributed by atoms with van der Waals surface area (Å²) < 4.78 is 15.9. The van der Waals surface area contributed by atoms with Gasteiger partial charge in [-0.3, -0.25) is 14.9 Å². The van der Waals surface area contributed by atoms with Gasteiger partial charge >= 0.3 is 11.9 Å². The normalized spacial score (nSPS) is 11.1. The Labute approximate surface area is 200 Å². The summed E-state index contributed by atoms with van der Waals surface area (Å²) in [6.07, 6.45) is -0.613. The number of nitro groups is 1. The first-order valence-electron chi connectivity index (χ1n) is 10.5. The van der Waals surface area contributed by atoms with Crippen molar-refractivity contribution in [2.75, 3.05) is 13.2 Å². The number of nitrogens with zero attached hydrogens (tertiary/aromatic N) is 1. The maximum absolute atomic E-state index is 13.4. The number of benzene rings is 3. The SMILES string of the molecule is C=CC(=O)OCCOc1ccc([N+](=O)[O-])c(C(OC(=O)c2ccccc2)C(=O)c2ccccc2)c1. The monoisotopic (exact) mass is 475 g/mol. The Balaban J connectivity index is 1.97. The highest BCUT2D eigenvalue weighted by molar-refractivity contribution is 6.02. The van der Waals surface area contributed by atoms with Gasteiger partial charge in [0, 0.05) is 17.7 Å². The van der Waals surface area contributed by atoms with Crippen molar-refractivity contribution in [3.05, 3.63) is 118 Å². The van der Waals surface area contributed by atoms with Gasteiger partial charge in [0.1, 0.15) is 19.0 Å². The fourth-order valence-electron chi connectivity index (χ4n) is 3.12. The highest BCUT2D eigenvalue weighted by atomic mass is 16.6. The van der Waals surface area contributed by atoms with Gasteiger partial charge in [-0.2, -0.15) is 0 Å². The van der Waals surface area contributed by atoms with Gasteiger partial charge in [-0.1, -0.05) is 55.1 Å². The van der Waals surface area contributed by atoms with Crippen molar-refractivity contribution in [3.63, 3.8) is 0 Å². The molecule has 0 fully saturated rings. The average molecular weight is 475 g/mol. The minimum atomic E-state index is -1.62. The van der Waals surface area contributed by atoms with Crippen LogP contribution in [0.25, 0.3) is 0 Å². The van der Waals surface area contributed by atoms with Crippen LogP contribution in [0.2, 0.25) is 0 Å². The third-order valence-electron chi connectivity index (χ3n) is 4.77. The minimum absolute atomic E-state index is 0.0576. The van der Waals surface area contributed by atoms with Crippen molar-refractivity contribution in [3.8, 4) is 5.75 Å². The zero-order valence-electron chi connectivity index (χ0n) is 18.5. The van der Waals surface area contributed by atoms with Crippen molar-refractivity contribution in [2.24, 2.45) is 0 Å². The Bertz CT molecular complexity index is 1220. The first-order chi connectivity index (χ1) is 16.9. The number of rotatable bonds is 11.